The van der Waals surface area contributed by atoms with Crippen molar-refractivity contribution in [2.75, 3.05) is 13.1 Å². The summed E-state index contributed by atoms with van der Waals surface area (Å²) in [6.07, 6.45) is 4.09. The monoisotopic (exact) mass is 210 g/mol. The van der Waals surface area contributed by atoms with Crippen molar-refractivity contribution in [2.24, 2.45) is 5.73 Å². The molecule has 78 valence electrons. The van der Waals surface area contributed by atoms with Crippen LogP contribution in [0.2, 0.25) is 0 Å². The summed E-state index contributed by atoms with van der Waals surface area (Å²) in [6.45, 7) is 1.79. The Labute approximate surface area is 89.5 Å². The van der Waals surface area contributed by atoms with Gasteiger partial charge in [-0.3, -0.25) is 0 Å². The van der Waals surface area contributed by atoms with Crippen LogP contribution in [-0.2, 0) is 0 Å². The second kappa shape index (κ2) is 4.91. The summed E-state index contributed by atoms with van der Waals surface area (Å²) in [7, 11) is 0. The van der Waals surface area contributed by atoms with Crippen molar-refractivity contribution in [1.29, 1.82) is 0 Å². The molecule has 0 bridgehead atoms. The van der Waals surface area contributed by atoms with Crippen LogP contribution in [-0.4, -0.2) is 19.1 Å². The number of rotatable bonds is 5. The lowest BCUT2D eigenvalue weighted by Crippen LogP contribution is -2.38. The Bertz CT molecular complexity index is 254. The summed E-state index contributed by atoms with van der Waals surface area (Å²) in [4.78, 5) is 1.42. The topological polar surface area (TPSA) is 38.0 Å². The van der Waals surface area contributed by atoms with Gasteiger partial charge in [-0.1, -0.05) is 12.5 Å². The Morgan fingerprint density at radius 3 is 2.93 bits per heavy atom. The first-order chi connectivity index (χ1) is 6.90. The average Bonchev–Trinajstić information content (AvgIpc) is 2.62. The first-order valence-electron chi connectivity index (χ1n) is 5.37. The van der Waals surface area contributed by atoms with Crippen LogP contribution < -0.4 is 11.1 Å². The Hall–Kier alpha value is -0.380. The fraction of sp³-hybridized carbons (Fsp3) is 0.636. The van der Waals surface area contributed by atoms with E-state index < -0.39 is 0 Å². The third kappa shape index (κ3) is 2.35. The van der Waals surface area contributed by atoms with Crippen molar-refractivity contribution in [1.82, 2.24) is 5.32 Å². The highest BCUT2D eigenvalue weighted by atomic mass is 32.1. The molecule has 1 unspecified atom stereocenters. The van der Waals surface area contributed by atoms with E-state index in [1.807, 2.05) is 11.3 Å². The molecule has 0 aromatic carbocycles. The summed E-state index contributed by atoms with van der Waals surface area (Å²) in [5.41, 5.74) is 5.78. The maximum absolute atomic E-state index is 5.78. The molecule has 2 rings (SSSR count). The lowest BCUT2D eigenvalue weighted by atomic mass is 9.92. The zero-order valence-electron chi connectivity index (χ0n) is 8.41. The Morgan fingerprint density at radius 2 is 2.43 bits per heavy atom. The second-order valence-electron chi connectivity index (χ2n) is 3.98. The van der Waals surface area contributed by atoms with Gasteiger partial charge in [0, 0.05) is 29.9 Å². The van der Waals surface area contributed by atoms with E-state index in [-0.39, 0.29) is 0 Å². The quantitative estimate of drug-likeness (QED) is 0.779. The van der Waals surface area contributed by atoms with Gasteiger partial charge in [-0.2, -0.15) is 0 Å². The molecule has 0 amide bonds. The summed E-state index contributed by atoms with van der Waals surface area (Å²) in [5.74, 6) is 0.510. The zero-order chi connectivity index (χ0) is 9.80. The molecule has 2 nitrogen and oxygen atoms in total. The largest absolute Gasteiger partial charge is 0.330 e. The minimum atomic E-state index is 0.510. The minimum Gasteiger partial charge on any atom is -0.330 e. The lowest BCUT2D eigenvalue weighted by Gasteiger charge is -2.28. The van der Waals surface area contributed by atoms with Crippen LogP contribution >= 0.6 is 11.3 Å². The molecule has 1 aliphatic rings. The first-order valence-corrected chi connectivity index (χ1v) is 6.25. The molecule has 1 aromatic heterocycles. The van der Waals surface area contributed by atoms with Crippen LogP contribution in [0.25, 0.3) is 0 Å². The lowest BCUT2D eigenvalue weighted by molar-refractivity contribution is 0.333. The van der Waals surface area contributed by atoms with Crippen molar-refractivity contribution in [2.45, 2.75) is 31.2 Å². The Kier molecular flexibility index (Phi) is 3.56. The molecule has 1 heterocycles. The van der Waals surface area contributed by atoms with Crippen LogP contribution in [0.15, 0.2) is 17.5 Å². The van der Waals surface area contributed by atoms with E-state index in [1.54, 1.807) is 0 Å². The summed E-state index contributed by atoms with van der Waals surface area (Å²) < 4.78 is 0. The van der Waals surface area contributed by atoms with E-state index >= 15 is 0 Å². The van der Waals surface area contributed by atoms with E-state index in [2.05, 4.69) is 22.8 Å². The van der Waals surface area contributed by atoms with Crippen LogP contribution in [0.3, 0.4) is 0 Å². The smallest absolute Gasteiger partial charge is 0.0181 e. The highest BCUT2D eigenvalue weighted by Gasteiger charge is 2.18. The summed E-state index contributed by atoms with van der Waals surface area (Å²) in [6, 6.07) is 5.06. The van der Waals surface area contributed by atoms with Gasteiger partial charge >= 0.3 is 0 Å². The second-order valence-corrected chi connectivity index (χ2v) is 4.96. The third-order valence-corrected chi connectivity index (χ3v) is 4.02. The molecule has 0 aliphatic heterocycles. The van der Waals surface area contributed by atoms with Crippen LogP contribution in [0, 0.1) is 0 Å². The third-order valence-electron chi connectivity index (χ3n) is 2.99. The number of nitrogens with one attached hydrogen (secondary N) is 1. The molecule has 1 atom stereocenters. The molecule has 14 heavy (non-hydrogen) atoms. The molecular weight excluding hydrogens is 192 g/mol. The Morgan fingerprint density at radius 1 is 1.57 bits per heavy atom. The number of hydrogen-bond donors (Lipinski definition) is 2. The van der Waals surface area contributed by atoms with Crippen LogP contribution in [0.1, 0.15) is 30.1 Å². The fourth-order valence-electron chi connectivity index (χ4n) is 1.74. The maximum Gasteiger partial charge on any atom is 0.0181 e. The molecule has 1 saturated carbocycles. The normalized spacial score (nSPS) is 19.2. The minimum absolute atomic E-state index is 0.510. The van der Waals surface area contributed by atoms with Gasteiger partial charge in [-0.25, -0.2) is 0 Å². The van der Waals surface area contributed by atoms with Gasteiger partial charge in [-0.05, 0) is 24.3 Å². The predicted molar refractivity (Wildman–Crippen MR) is 61.8 cm³/mol. The van der Waals surface area contributed by atoms with Crippen molar-refractivity contribution in [3.05, 3.63) is 22.4 Å². The van der Waals surface area contributed by atoms with E-state index in [4.69, 9.17) is 5.73 Å². The molecule has 1 fully saturated rings. The molecule has 3 N–H and O–H groups in total. The molecule has 1 aromatic rings. The summed E-state index contributed by atoms with van der Waals surface area (Å²) >= 11 is 1.81. The summed E-state index contributed by atoms with van der Waals surface area (Å²) in [5, 5.41) is 5.71. The van der Waals surface area contributed by atoms with Gasteiger partial charge in [0.25, 0.3) is 0 Å². The Balaban J connectivity index is 1.80. The van der Waals surface area contributed by atoms with Crippen molar-refractivity contribution >= 4 is 11.3 Å². The predicted octanol–water partition coefficient (Wildman–Crippen LogP) is 1.93. The van der Waals surface area contributed by atoms with E-state index in [0.29, 0.717) is 5.92 Å². The van der Waals surface area contributed by atoms with Crippen LogP contribution in [0.5, 0.6) is 0 Å². The number of hydrogen-bond acceptors (Lipinski definition) is 3. The van der Waals surface area contributed by atoms with E-state index in [1.165, 1.54) is 24.1 Å². The van der Waals surface area contributed by atoms with Gasteiger partial charge in [-0.15, -0.1) is 11.3 Å². The molecule has 1 aliphatic carbocycles. The number of thiophene rings is 1. The average molecular weight is 210 g/mol. The van der Waals surface area contributed by atoms with Crippen LogP contribution in [0.4, 0.5) is 0 Å². The molecule has 3 heteroatoms. The fourth-order valence-corrected chi connectivity index (χ4v) is 2.59. The molecule has 0 spiro atoms. The van der Waals surface area contributed by atoms with Gasteiger partial charge in [0.2, 0.25) is 0 Å². The van der Waals surface area contributed by atoms with Gasteiger partial charge in [0.15, 0.2) is 0 Å². The van der Waals surface area contributed by atoms with Gasteiger partial charge in [0.1, 0.15) is 0 Å². The van der Waals surface area contributed by atoms with Crippen molar-refractivity contribution < 1.29 is 0 Å². The highest BCUT2D eigenvalue weighted by Crippen LogP contribution is 2.22. The SMILES string of the molecule is NCC(CNC1CCC1)c1cccs1. The number of nitrogens with two attached hydrogens (primary N) is 1. The van der Waals surface area contributed by atoms with E-state index in [9.17, 15) is 0 Å². The van der Waals surface area contributed by atoms with Gasteiger partial charge < -0.3 is 11.1 Å². The molecule has 0 saturated heterocycles. The molecular formula is C11H18N2S. The highest BCUT2D eigenvalue weighted by molar-refractivity contribution is 7.10. The standard InChI is InChI=1S/C11H18N2S/c12-7-9(11-5-2-6-14-11)8-13-10-3-1-4-10/h2,5-6,9-10,13H,1,3-4,7-8,12H2. The first kappa shape index (κ1) is 10.1. The maximum atomic E-state index is 5.78. The van der Waals surface area contributed by atoms with E-state index in [0.717, 1.165) is 19.1 Å². The van der Waals surface area contributed by atoms with Crippen molar-refractivity contribution in [3.63, 3.8) is 0 Å². The zero-order valence-corrected chi connectivity index (χ0v) is 9.22. The van der Waals surface area contributed by atoms with Crippen molar-refractivity contribution in [3.8, 4) is 0 Å². The molecule has 0 radical (unpaired) electrons. The van der Waals surface area contributed by atoms with Gasteiger partial charge in [0.05, 0.1) is 0 Å².